The van der Waals surface area contributed by atoms with Crippen LogP contribution in [0.3, 0.4) is 0 Å². The van der Waals surface area contributed by atoms with Crippen LogP contribution >= 0.6 is 15.9 Å². The van der Waals surface area contributed by atoms with E-state index in [0.717, 1.165) is 10.0 Å². The Bertz CT molecular complexity index is 386. The van der Waals surface area contributed by atoms with Crippen molar-refractivity contribution < 1.29 is 4.42 Å². The number of hydrogen-bond acceptors (Lipinski definition) is 3. The summed E-state index contributed by atoms with van der Waals surface area (Å²) in [5.41, 5.74) is 1.15. The Balaban J connectivity index is 2.24. The molecule has 1 heterocycles. The molecular weight excluding hydrogens is 232 g/mol. The van der Waals surface area contributed by atoms with E-state index in [1.807, 2.05) is 24.3 Å². The Morgan fingerprint density at radius 3 is 2.85 bits per heavy atom. The fraction of sp³-hybridized carbons (Fsp3) is 0.111. The summed E-state index contributed by atoms with van der Waals surface area (Å²) in [4.78, 5) is 0. The summed E-state index contributed by atoms with van der Waals surface area (Å²) >= 11 is 3.45. The highest BCUT2D eigenvalue weighted by Crippen LogP contribution is 2.18. The van der Waals surface area contributed by atoms with Crippen molar-refractivity contribution in [2.75, 3.05) is 0 Å². The maximum atomic E-state index is 5.05. The first-order valence-electron chi connectivity index (χ1n) is 3.85. The van der Waals surface area contributed by atoms with Crippen molar-refractivity contribution in [1.29, 1.82) is 0 Å². The van der Waals surface area contributed by atoms with E-state index in [2.05, 4.69) is 26.1 Å². The van der Waals surface area contributed by atoms with Crippen molar-refractivity contribution >= 4 is 15.9 Å². The molecule has 1 aromatic heterocycles. The lowest BCUT2D eigenvalue weighted by atomic mass is 10.1. The van der Waals surface area contributed by atoms with Gasteiger partial charge in [0.2, 0.25) is 12.3 Å². The second kappa shape index (κ2) is 3.70. The second-order valence-electron chi connectivity index (χ2n) is 2.60. The van der Waals surface area contributed by atoms with Gasteiger partial charge in [-0.2, -0.15) is 0 Å². The quantitative estimate of drug-likeness (QED) is 0.807. The normalized spacial score (nSPS) is 10.2. The Morgan fingerprint density at radius 1 is 1.31 bits per heavy atom. The van der Waals surface area contributed by atoms with Gasteiger partial charge in [-0.15, -0.1) is 10.2 Å². The van der Waals surface area contributed by atoms with Crippen LogP contribution in [0, 0.1) is 0 Å². The van der Waals surface area contributed by atoms with Crippen molar-refractivity contribution in [3.8, 4) is 0 Å². The van der Waals surface area contributed by atoms with Crippen molar-refractivity contribution in [3.63, 3.8) is 0 Å². The van der Waals surface area contributed by atoms with Crippen LogP contribution in [0.25, 0.3) is 0 Å². The average Bonchev–Trinajstić information content (AvgIpc) is 2.61. The van der Waals surface area contributed by atoms with E-state index in [-0.39, 0.29) is 0 Å². The van der Waals surface area contributed by atoms with E-state index in [4.69, 9.17) is 4.42 Å². The first-order valence-corrected chi connectivity index (χ1v) is 4.64. The van der Waals surface area contributed by atoms with E-state index in [1.54, 1.807) is 0 Å². The Kier molecular flexibility index (Phi) is 2.40. The third kappa shape index (κ3) is 1.95. The van der Waals surface area contributed by atoms with Crippen LogP contribution in [0.15, 0.2) is 39.5 Å². The lowest BCUT2D eigenvalue weighted by Gasteiger charge is -1.98. The molecule has 0 atom stereocenters. The first-order chi connectivity index (χ1) is 6.36. The summed E-state index contributed by atoms with van der Waals surface area (Å²) in [5.74, 6) is 0.631. The van der Waals surface area contributed by atoms with Crippen LogP contribution in [-0.2, 0) is 6.42 Å². The van der Waals surface area contributed by atoms with Gasteiger partial charge in [0.15, 0.2) is 0 Å². The minimum absolute atomic E-state index is 0.631. The standard InChI is InChI=1S/C9H7BrN2O/c10-8-4-2-1-3-7(8)5-9-12-11-6-13-9/h1-4,6H,5H2. The van der Waals surface area contributed by atoms with Gasteiger partial charge in [0.25, 0.3) is 0 Å². The molecule has 0 unspecified atom stereocenters. The van der Waals surface area contributed by atoms with Gasteiger partial charge in [-0.25, -0.2) is 0 Å². The molecule has 66 valence electrons. The van der Waals surface area contributed by atoms with Gasteiger partial charge in [0.05, 0.1) is 6.42 Å². The van der Waals surface area contributed by atoms with Crippen LogP contribution in [0.5, 0.6) is 0 Å². The van der Waals surface area contributed by atoms with Crippen LogP contribution < -0.4 is 0 Å². The minimum atomic E-state index is 0.631. The van der Waals surface area contributed by atoms with Crippen molar-refractivity contribution in [3.05, 3.63) is 46.6 Å². The molecule has 0 spiro atoms. The van der Waals surface area contributed by atoms with Crippen molar-refractivity contribution in [2.24, 2.45) is 0 Å². The fourth-order valence-electron chi connectivity index (χ4n) is 1.08. The SMILES string of the molecule is Brc1ccccc1Cc1nnco1. The molecule has 0 N–H and O–H groups in total. The molecular formula is C9H7BrN2O. The molecule has 2 rings (SSSR count). The maximum absolute atomic E-state index is 5.05. The number of aromatic nitrogens is 2. The summed E-state index contributed by atoms with van der Waals surface area (Å²) in [6, 6.07) is 7.97. The Morgan fingerprint density at radius 2 is 2.15 bits per heavy atom. The smallest absolute Gasteiger partial charge is 0.220 e. The lowest BCUT2D eigenvalue weighted by Crippen LogP contribution is -1.89. The summed E-state index contributed by atoms with van der Waals surface area (Å²) in [6.07, 6.45) is 2.01. The van der Waals surface area contributed by atoms with Crippen LogP contribution in [-0.4, -0.2) is 10.2 Å². The summed E-state index contributed by atoms with van der Waals surface area (Å²) in [5, 5.41) is 7.43. The Hall–Kier alpha value is -1.16. The molecule has 0 amide bonds. The number of rotatable bonds is 2. The third-order valence-corrected chi connectivity index (χ3v) is 2.48. The van der Waals surface area contributed by atoms with E-state index in [1.165, 1.54) is 6.39 Å². The van der Waals surface area contributed by atoms with Gasteiger partial charge in [0.1, 0.15) is 0 Å². The predicted molar refractivity (Wildman–Crippen MR) is 51.2 cm³/mol. The summed E-state index contributed by atoms with van der Waals surface area (Å²) in [7, 11) is 0. The highest BCUT2D eigenvalue weighted by Gasteiger charge is 2.03. The molecule has 4 heteroatoms. The van der Waals surface area contributed by atoms with Crippen LogP contribution in [0.1, 0.15) is 11.5 Å². The molecule has 0 aliphatic rings. The maximum Gasteiger partial charge on any atom is 0.220 e. The molecule has 2 aromatic rings. The zero-order chi connectivity index (χ0) is 9.10. The van der Waals surface area contributed by atoms with Gasteiger partial charge in [-0.1, -0.05) is 34.1 Å². The molecule has 0 fully saturated rings. The molecule has 0 radical (unpaired) electrons. The van der Waals surface area contributed by atoms with Gasteiger partial charge < -0.3 is 4.42 Å². The van der Waals surface area contributed by atoms with Crippen LogP contribution in [0.2, 0.25) is 0 Å². The molecule has 1 aromatic carbocycles. The van der Waals surface area contributed by atoms with Gasteiger partial charge in [-0.3, -0.25) is 0 Å². The highest BCUT2D eigenvalue weighted by atomic mass is 79.9. The predicted octanol–water partition coefficient (Wildman–Crippen LogP) is 2.42. The number of hydrogen-bond donors (Lipinski definition) is 0. The Labute approximate surface area is 83.9 Å². The zero-order valence-corrected chi connectivity index (χ0v) is 8.36. The molecule has 3 nitrogen and oxygen atoms in total. The monoisotopic (exact) mass is 238 g/mol. The topological polar surface area (TPSA) is 38.9 Å². The largest absolute Gasteiger partial charge is 0.428 e. The molecule has 0 aliphatic heterocycles. The minimum Gasteiger partial charge on any atom is -0.428 e. The van der Waals surface area contributed by atoms with E-state index < -0.39 is 0 Å². The van der Waals surface area contributed by atoms with Crippen molar-refractivity contribution in [2.45, 2.75) is 6.42 Å². The van der Waals surface area contributed by atoms with Gasteiger partial charge in [-0.05, 0) is 11.6 Å². The van der Waals surface area contributed by atoms with E-state index >= 15 is 0 Å². The number of nitrogens with zero attached hydrogens (tertiary/aromatic N) is 2. The lowest BCUT2D eigenvalue weighted by molar-refractivity contribution is 0.504. The number of benzene rings is 1. The molecule has 0 saturated heterocycles. The second-order valence-corrected chi connectivity index (χ2v) is 3.45. The van der Waals surface area contributed by atoms with Crippen molar-refractivity contribution in [1.82, 2.24) is 10.2 Å². The third-order valence-electron chi connectivity index (χ3n) is 1.70. The summed E-state index contributed by atoms with van der Waals surface area (Å²) < 4.78 is 6.11. The summed E-state index contributed by atoms with van der Waals surface area (Å²) in [6.45, 7) is 0. The zero-order valence-electron chi connectivity index (χ0n) is 6.77. The molecule has 13 heavy (non-hydrogen) atoms. The van der Waals surface area contributed by atoms with Gasteiger partial charge in [0, 0.05) is 4.47 Å². The average molecular weight is 239 g/mol. The van der Waals surface area contributed by atoms with Gasteiger partial charge >= 0.3 is 0 Å². The highest BCUT2D eigenvalue weighted by molar-refractivity contribution is 9.10. The van der Waals surface area contributed by atoms with Crippen LogP contribution in [0.4, 0.5) is 0 Å². The number of halogens is 1. The van der Waals surface area contributed by atoms with E-state index in [9.17, 15) is 0 Å². The molecule has 0 aliphatic carbocycles. The van der Waals surface area contributed by atoms with E-state index in [0.29, 0.717) is 12.3 Å². The first kappa shape index (κ1) is 8.44. The molecule has 0 bridgehead atoms. The fourth-order valence-corrected chi connectivity index (χ4v) is 1.50. The molecule has 0 saturated carbocycles.